The zero-order chi connectivity index (χ0) is 18.8. The van der Waals surface area contributed by atoms with Crippen molar-refractivity contribution < 1.29 is 18.0 Å². The fraction of sp³-hybridized carbons (Fsp3) is 0.188. The molecule has 0 atom stereocenters. The number of amides is 1. The summed E-state index contributed by atoms with van der Waals surface area (Å²) in [6, 6.07) is 9.09. The second-order valence-electron chi connectivity index (χ2n) is 5.11. The molecule has 0 unspecified atom stereocenters. The molecule has 6 nitrogen and oxygen atoms in total. The van der Waals surface area contributed by atoms with Gasteiger partial charge in [0.15, 0.2) is 0 Å². The standard InChI is InChI=1S/C16H16Cl2N2O4S/c1-10-12(17)5-4-6-14(10)19-16(21)11-7-8-13(18)15(9-11)25(22,23)20(2)24-3/h4-9H,1-3H3,(H,19,21). The largest absolute Gasteiger partial charge is 0.322 e. The molecule has 0 heterocycles. The summed E-state index contributed by atoms with van der Waals surface area (Å²) in [5.74, 6) is -0.487. The molecule has 0 aliphatic heterocycles. The van der Waals surface area contributed by atoms with Crippen LogP contribution >= 0.6 is 23.2 Å². The topological polar surface area (TPSA) is 75.7 Å². The third-order valence-electron chi connectivity index (χ3n) is 3.58. The van der Waals surface area contributed by atoms with Gasteiger partial charge in [-0.15, -0.1) is 0 Å². The van der Waals surface area contributed by atoms with Crippen molar-refractivity contribution in [2.24, 2.45) is 0 Å². The Balaban J connectivity index is 2.39. The Morgan fingerprint density at radius 2 is 1.84 bits per heavy atom. The maximum atomic E-state index is 12.5. The van der Waals surface area contributed by atoms with E-state index in [0.29, 0.717) is 20.7 Å². The van der Waals surface area contributed by atoms with Crippen LogP contribution in [0.15, 0.2) is 41.3 Å². The lowest BCUT2D eigenvalue weighted by Gasteiger charge is -2.16. The van der Waals surface area contributed by atoms with E-state index >= 15 is 0 Å². The molecule has 2 aromatic carbocycles. The van der Waals surface area contributed by atoms with Crippen LogP contribution in [-0.4, -0.2) is 33.0 Å². The van der Waals surface area contributed by atoms with Crippen molar-refractivity contribution in [3.8, 4) is 0 Å². The molecule has 0 saturated heterocycles. The highest BCUT2D eigenvalue weighted by Crippen LogP contribution is 2.27. The van der Waals surface area contributed by atoms with Crippen LogP contribution in [0.5, 0.6) is 0 Å². The Bertz CT molecular complexity index is 916. The number of carbonyl (C=O) groups is 1. The van der Waals surface area contributed by atoms with Gasteiger partial charge in [0.25, 0.3) is 15.9 Å². The Hall–Kier alpha value is -1.64. The zero-order valence-corrected chi connectivity index (χ0v) is 16.0. The molecule has 134 valence electrons. The van der Waals surface area contributed by atoms with Crippen molar-refractivity contribution in [3.05, 3.63) is 57.6 Å². The molecule has 0 radical (unpaired) electrons. The molecule has 0 spiro atoms. The molecule has 0 aromatic heterocycles. The van der Waals surface area contributed by atoms with Crippen LogP contribution in [0.3, 0.4) is 0 Å². The Morgan fingerprint density at radius 1 is 1.16 bits per heavy atom. The highest BCUT2D eigenvalue weighted by molar-refractivity contribution is 7.89. The quantitative estimate of drug-likeness (QED) is 0.772. The van der Waals surface area contributed by atoms with Crippen molar-refractivity contribution in [2.75, 3.05) is 19.5 Å². The number of benzene rings is 2. The number of carbonyl (C=O) groups excluding carboxylic acids is 1. The van der Waals surface area contributed by atoms with E-state index in [9.17, 15) is 13.2 Å². The van der Waals surface area contributed by atoms with Crippen molar-refractivity contribution in [2.45, 2.75) is 11.8 Å². The van der Waals surface area contributed by atoms with Gasteiger partial charge >= 0.3 is 0 Å². The van der Waals surface area contributed by atoms with Crippen molar-refractivity contribution in [3.63, 3.8) is 0 Å². The van der Waals surface area contributed by atoms with Gasteiger partial charge in [-0.3, -0.25) is 9.63 Å². The molecule has 2 rings (SSSR count). The van der Waals surface area contributed by atoms with Crippen LogP contribution < -0.4 is 5.32 Å². The molecule has 9 heteroatoms. The first kappa shape index (κ1) is 19.7. The average Bonchev–Trinajstić information content (AvgIpc) is 2.58. The van der Waals surface area contributed by atoms with E-state index < -0.39 is 15.9 Å². The van der Waals surface area contributed by atoms with Gasteiger partial charge in [0.05, 0.1) is 12.1 Å². The van der Waals surface area contributed by atoms with E-state index in [-0.39, 0.29) is 15.5 Å². The molecule has 2 aromatic rings. The van der Waals surface area contributed by atoms with Crippen LogP contribution in [0, 0.1) is 6.92 Å². The number of halogens is 2. The van der Waals surface area contributed by atoms with E-state index in [1.807, 2.05) is 0 Å². The summed E-state index contributed by atoms with van der Waals surface area (Å²) < 4.78 is 25.4. The van der Waals surface area contributed by atoms with E-state index in [2.05, 4.69) is 5.32 Å². The van der Waals surface area contributed by atoms with Gasteiger partial charge in [-0.1, -0.05) is 33.7 Å². The minimum Gasteiger partial charge on any atom is -0.322 e. The predicted molar refractivity (Wildman–Crippen MR) is 97.6 cm³/mol. The lowest BCUT2D eigenvalue weighted by atomic mass is 10.1. The molecule has 0 aliphatic rings. The van der Waals surface area contributed by atoms with Gasteiger partial charge in [0.1, 0.15) is 4.90 Å². The zero-order valence-electron chi connectivity index (χ0n) is 13.7. The maximum absolute atomic E-state index is 12.5. The van der Waals surface area contributed by atoms with E-state index in [1.54, 1.807) is 25.1 Å². The first-order chi connectivity index (χ1) is 11.7. The average molecular weight is 403 g/mol. The number of anilines is 1. The van der Waals surface area contributed by atoms with Gasteiger partial charge in [0, 0.05) is 23.3 Å². The number of sulfonamides is 1. The fourth-order valence-electron chi connectivity index (χ4n) is 2.02. The minimum atomic E-state index is -3.99. The first-order valence-corrected chi connectivity index (χ1v) is 9.27. The van der Waals surface area contributed by atoms with Crippen molar-refractivity contribution in [1.29, 1.82) is 0 Å². The Morgan fingerprint density at radius 3 is 2.48 bits per heavy atom. The molecule has 0 fully saturated rings. The summed E-state index contributed by atoms with van der Waals surface area (Å²) in [6.45, 7) is 1.77. The maximum Gasteiger partial charge on any atom is 0.266 e. The van der Waals surface area contributed by atoms with Crippen LogP contribution in [-0.2, 0) is 14.9 Å². The van der Waals surface area contributed by atoms with E-state index in [0.717, 1.165) is 0 Å². The lowest BCUT2D eigenvalue weighted by molar-refractivity contribution is -0.0258. The normalized spacial score (nSPS) is 11.6. The third-order valence-corrected chi connectivity index (χ3v) is 6.15. The summed E-state index contributed by atoms with van der Waals surface area (Å²) in [5.41, 5.74) is 1.37. The Labute approximate surface area is 156 Å². The van der Waals surface area contributed by atoms with Gasteiger partial charge in [0.2, 0.25) is 0 Å². The number of rotatable bonds is 5. The molecule has 25 heavy (non-hydrogen) atoms. The number of nitrogens with one attached hydrogen (secondary N) is 1. The van der Waals surface area contributed by atoms with Gasteiger partial charge in [-0.05, 0) is 42.8 Å². The Kier molecular flexibility index (Phi) is 6.08. The molecular formula is C16H16Cl2N2O4S. The molecule has 1 amide bonds. The fourth-order valence-corrected chi connectivity index (χ4v) is 3.66. The second-order valence-corrected chi connectivity index (χ2v) is 7.83. The summed E-state index contributed by atoms with van der Waals surface area (Å²) >= 11 is 12.0. The van der Waals surface area contributed by atoms with E-state index in [1.165, 1.54) is 32.4 Å². The molecule has 1 N–H and O–H groups in total. The third kappa shape index (κ3) is 4.13. The molecule has 0 aliphatic carbocycles. The van der Waals surface area contributed by atoms with Crippen LogP contribution in [0.2, 0.25) is 10.0 Å². The van der Waals surface area contributed by atoms with Gasteiger partial charge < -0.3 is 5.32 Å². The number of hydrogen-bond donors (Lipinski definition) is 1. The lowest BCUT2D eigenvalue weighted by Crippen LogP contribution is -2.26. The van der Waals surface area contributed by atoms with Crippen LogP contribution in [0.4, 0.5) is 5.69 Å². The predicted octanol–water partition coefficient (Wildman–Crippen LogP) is 3.74. The van der Waals surface area contributed by atoms with Crippen LogP contribution in [0.1, 0.15) is 15.9 Å². The van der Waals surface area contributed by atoms with Gasteiger partial charge in [-0.2, -0.15) is 0 Å². The monoisotopic (exact) mass is 402 g/mol. The summed E-state index contributed by atoms with van der Waals surface area (Å²) in [7, 11) is -1.54. The molecular weight excluding hydrogens is 387 g/mol. The highest BCUT2D eigenvalue weighted by atomic mass is 35.5. The summed E-state index contributed by atoms with van der Waals surface area (Å²) in [6.07, 6.45) is 0. The van der Waals surface area contributed by atoms with Gasteiger partial charge in [-0.25, -0.2) is 8.42 Å². The van der Waals surface area contributed by atoms with Crippen molar-refractivity contribution in [1.82, 2.24) is 4.47 Å². The van der Waals surface area contributed by atoms with E-state index in [4.69, 9.17) is 28.0 Å². The SMILES string of the molecule is CON(C)S(=O)(=O)c1cc(C(=O)Nc2cccc(Cl)c2C)ccc1Cl. The summed E-state index contributed by atoms with van der Waals surface area (Å²) in [4.78, 5) is 17.0. The van der Waals surface area contributed by atoms with Crippen LogP contribution in [0.25, 0.3) is 0 Å². The molecule has 0 bridgehead atoms. The first-order valence-electron chi connectivity index (χ1n) is 7.07. The second kappa shape index (κ2) is 7.72. The summed E-state index contributed by atoms with van der Waals surface area (Å²) in [5, 5.41) is 3.20. The number of nitrogens with zero attached hydrogens (tertiary/aromatic N) is 1. The highest BCUT2D eigenvalue weighted by Gasteiger charge is 2.25. The number of hydroxylamine groups is 1. The van der Waals surface area contributed by atoms with Crippen molar-refractivity contribution >= 4 is 44.8 Å². The number of hydrogen-bond acceptors (Lipinski definition) is 4. The minimum absolute atomic E-state index is 0.0145. The smallest absolute Gasteiger partial charge is 0.266 e. The molecule has 0 saturated carbocycles.